The molecule has 26 nitrogen and oxygen atoms in total. The van der Waals surface area contributed by atoms with Crippen molar-refractivity contribution in [3.8, 4) is 0 Å². The topological polar surface area (TPSA) is 316 Å². The first-order chi connectivity index (χ1) is 44.3. The minimum Gasteiger partial charge on any atom is -0.390 e. The minimum atomic E-state index is -4.21. The van der Waals surface area contributed by atoms with Crippen molar-refractivity contribution in [1.29, 1.82) is 0 Å². The van der Waals surface area contributed by atoms with Gasteiger partial charge in [0, 0.05) is 49.3 Å². The third-order valence-corrected chi connectivity index (χ3v) is 21.2. The second-order valence-electron chi connectivity index (χ2n) is 29.6. The SMILES string of the molecule is C/C=C/C[C@@H](C)[C@@H](O)[C@H]1C(=O)N[C@@H](CC)C(=O)N(C)[C@H](CS(=O)(=O)C2CCN(C)CC2)C(=O)N(C)[C@@H](CC(C)C)C(=O)N[C@@H](C(C)C)C(=O)N(C)[C@@H](CC(C)C)C(=O)N[C@@H](C)C(=O)N[C@H](C)C(=O)N(C)[C@@H](CC(C)C)C(=O)N(C)[C@@H](CC(C)C)C(=O)N(C)[C@@H](C(C)C)C(=O)N1C. The number of aliphatic hydroxyl groups excluding tert-OH is 1. The number of nitrogens with zero attached hydrogens (tertiary/aromatic N) is 8. The van der Waals surface area contributed by atoms with E-state index in [2.05, 4.69) is 21.3 Å². The average molecular weight is 1380 g/mol. The van der Waals surface area contributed by atoms with E-state index in [1.54, 1.807) is 74.5 Å². The summed E-state index contributed by atoms with van der Waals surface area (Å²) in [6.45, 7) is 30.3. The van der Waals surface area contributed by atoms with E-state index < -0.39 is 176 Å². The quantitative estimate of drug-likeness (QED) is 0.123. The van der Waals surface area contributed by atoms with Gasteiger partial charge in [0.25, 0.3) is 0 Å². The molecule has 0 aliphatic carbocycles. The Balaban J connectivity index is 3.17. The fourth-order valence-corrected chi connectivity index (χ4v) is 14.7. The third kappa shape index (κ3) is 23.2. The highest BCUT2D eigenvalue weighted by Gasteiger charge is 2.47. The Hall–Kier alpha value is -6.22. The van der Waals surface area contributed by atoms with Gasteiger partial charge in [-0.15, -0.1) is 0 Å². The van der Waals surface area contributed by atoms with Gasteiger partial charge in [-0.25, -0.2) is 8.42 Å². The van der Waals surface area contributed by atoms with Gasteiger partial charge in [-0.1, -0.05) is 109 Å². The third-order valence-electron chi connectivity index (χ3n) is 18.9. The molecule has 27 heteroatoms. The summed E-state index contributed by atoms with van der Waals surface area (Å²) in [5, 5.41) is 22.4. The summed E-state index contributed by atoms with van der Waals surface area (Å²) in [5.74, 6) is -12.2. The van der Waals surface area contributed by atoms with E-state index in [4.69, 9.17) is 0 Å². The van der Waals surface area contributed by atoms with Crippen LogP contribution < -0.4 is 21.3 Å². The molecule has 550 valence electrons. The van der Waals surface area contributed by atoms with Gasteiger partial charge in [-0.05, 0) is 134 Å². The first kappa shape index (κ1) is 85.9. The normalized spacial score (nSPS) is 27.5. The predicted molar refractivity (Wildman–Crippen MR) is 372 cm³/mol. The van der Waals surface area contributed by atoms with E-state index in [0.717, 1.165) is 14.7 Å². The Labute approximate surface area is 574 Å². The highest BCUT2D eigenvalue weighted by Crippen LogP contribution is 2.27. The maximum absolute atomic E-state index is 15.5. The Bertz CT molecular complexity index is 2810. The molecule has 0 aromatic carbocycles. The van der Waals surface area contributed by atoms with E-state index in [1.807, 2.05) is 53.5 Å². The number of hydrogen-bond acceptors (Lipinski definition) is 15. The lowest BCUT2D eigenvalue weighted by atomic mass is 9.91. The molecule has 13 atom stereocenters. The average Bonchev–Trinajstić information content (AvgIpc) is 0.807. The molecule has 2 aliphatic heterocycles. The lowest BCUT2D eigenvalue weighted by Gasteiger charge is -2.41. The van der Waals surface area contributed by atoms with Crippen molar-refractivity contribution in [2.45, 2.75) is 247 Å². The molecule has 11 amide bonds. The molecule has 5 N–H and O–H groups in total. The van der Waals surface area contributed by atoms with Crippen LogP contribution in [-0.2, 0) is 62.6 Å². The number of likely N-dealkylation sites (N-methyl/N-ethyl adjacent to an activating group) is 7. The van der Waals surface area contributed by atoms with Crippen LogP contribution in [0.1, 0.15) is 169 Å². The van der Waals surface area contributed by atoms with Crippen LogP contribution in [0.2, 0.25) is 0 Å². The number of likely N-dealkylation sites (tertiary alicyclic amines) is 1. The monoisotopic (exact) mass is 1380 g/mol. The van der Waals surface area contributed by atoms with Crippen LogP contribution in [0, 0.1) is 41.4 Å². The van der Waals surface area contributed by atoms with Gasteiger partial charge >= 0.3 is 0 Å². The predicted octanol–water partition coefficient (Wildman–Crippen LogP) is 3.15. The van der Waals surface area contributed by atoms with Crippen LogP contribution in [-0.4, -0.2) is 271 Å². The Morgan fingerprint density at radius 1 is 0.458 bits per heavy atom. The maximum atomic E-state index is 15.5. The molecule has 0 spiro atoms. The summed E-state index contributed by atoms with van der Waals surface area (Å²) in [6.07, 6.45) is 2.87. The molecule has 0 unspecified atom stereocenters. The Kier molecular flexibility index (Phi) is 34.2. The zero-order valence-electron chi connectivity index (χ0n) is 62.7. The molecule has 2 saturated heterocycles. The van der Waals surface area contributed by atoms with Gasteiger partial charge in [0.15, 0.2) is 9.84 Å². The molecular formula is C69H124N12O14S. The molecule has 2 heterocycles. The van der Waals surface area contributed by atoms with Crippen LogP contribution in [0.5, 0.6) is 0 Å². The summed E-state index contributed by atoms with van der Waals surface area (Å²) in [5.41, 5.74) is 0. The second kappa shape index (κ2) is 38.2. The molecule has 0 aromatic heterocycles. The molecule has 0 bridgehead atoms. The Morgan fingerprint density at radius 3 is 1.30 bits per heavy atom. The van der Waals surface area contributed by atoms with Crippen molar-refractivity contribution >= 4 is 74.8 Å². The molecule has 2 rings (SSSR count). The highest BCUT2D eigenvalue weighted by atomic mass is 32.2. The molecule has 2 fully saturated rings. The summed E-state index contributed by atoms with van der Waals surface area (Å²) in [4.78, 5) is 175. The fourth-order valence-electron chi connectivity index (χ4n) is 12.7. The second-order valence-corrected chi connectivity index (χ2v) is 32.0. The van der Waals surface area contributed by atoms with Crippen LogP contribution in [0.4, 0.5) is 0 Å². The largest absolute Gasteiger partial charge is 0.390 e. The van der Waals surface area contributed by atoms with Gasteiger partial charge in [-0.3, -0.25) is 52.7 Å². The molecular weight excluding hydrogens is 1250 g/mol. The van der Waals surface area contributed by atoms with Crippen molar-refractivity contribution < 1.29 is 66.3 Å². The summed E-state index contributed by atoms with van der Waals surface area (Å²) < 4.78 is 29.4. The number of hydrogen-bond donors (Lipinski definition) is 5. The molecule has 0 saturated carbocycles. The lowest BCUT2D eigenvalue weighted by molar-refractivity contribution is -0.157. The van der Waals surface area contributed by atoms with Gasteiger partial charge in [0.2, 0.25) is 65.0 Å². The van der Waals surface area contributed by atoms with E-state index in [0.29, 0.717) is 13.1 Å². The Morgan fingerprint density at radius 2 is 0.854 bits per heavy atom. The first-order valence-electron chi connectivity index (χ1n) is 34.6. The molecule has 96 heavy (non-hydrogen) atoms. The number of rotatable bonds is 18. The van der Waals surface area contributed by atoms with E-state index in [9.17, 15) is 32.7 Å². The number of nitrogens with one attached hydrogen (secondary N) is 4. The zero-order valence-corrected chi connectivity index (χ0v) is 63.5. The maximum Gasteiger partial charge on any atom is 0.246 e. The van der Waals surface area contributed by atoms with Crippen molar-refractivity contribution in [3.05, 3.63) is 12.2 Å². The summed E-state index contributed by atoms with van der Waals surface area (Å²) >= 11 is 0. The van der Waals surface area contributed by atoms with E-state index in [1.165, 1.54) is 82.8 Å². The summed E-state index contributed by atoms with van der Waals surface area (Å²) in [6, 6.07) is -15.1. The van der Waals surface area contributed by atoms with Gasteiger partial charge < -0.3 is 65.6 Å². The smallest absolute Gasteiger partial charge is 0.246 e. The number of carbonyl (C=O) groups excluding carboxylic acids is 11. The molecule has 0 radical (unpaired) electrons. The molecule has 2 aliphatic rings. The van der Waals surface area contributed by atoms with Crippen LogP contribution in [0.25, 0.3) is 0 Å². The van der Waals surface area contributed by atoms with E-state index in [-0.39, 0.29) is 75.0 Å². The molecule has 0 aromatic rings. The van der Waals surface area contributed by atoms with Crippen LogP contribution in [0.15, 0.2) is 12.2 Å². The first-order valence-corrected chi connectivity index (χ1v) is 36.3. The number of piperidine rings is 1. The zero-order chi connectivity index (χ0) is 74.0. The highest BCUT2D eigenvalue weighted by molar-refractivity contribution is 7.92. The standard InChI is InChI=1S/C69H124N12O14S/c1-26-28-29-45(15)58(82)57-62(86)72-49(27-2)64(88)79(23)54(38-96(94,95)48-30-32-74(18)33-31-48)67(91)75(19)51(35-40(5)6)61(85)73-55(43(11)12)68(92)76(20)50(34-39(3)4)60(84)70-46(16)59(83)71-47(17)63(87)77(21)52(36-41(7)8)65(89)78(22)53(37-42(9)10)66(90)80(24)56(44(13)14)69(93)81(57)25/h26,28,39-58,82H,27,29-38H2,1-25H3,(H,70,84)(H,71,83)(H,72,86)(H,73,85)/b28-26+/t45-,46+,47-,49+,50+,51+,52+,53+,54-,55+,56+,57+,58-/m1/s1. The van der Waals surface area contributed by atoms with Gasteiger partial charge in [0.05, 0.1) is 17.1 Å². The number of allylic oxidation sites excluding steroid dienone is 2. The lowest BCUT2D eigenvalue weighted by Crippen LogP contribution is -2.64. The van der Waals surface area contributed by atoms with Crippen molar-refractivity contribution in [2.75, 3.05) is 75.2 Å². The van der Waals surface area contributed by atoms with Gasteiger partial charge in [-0.2, -0.15) is 0 Å². The summed E-state index contributed by atoms with van der Waals surface area (Å²) in [7, 11) is 7.21. The van der Waals surface area contributed by atoms with Crippen molar-refractivity contribution in [1.82, 2.24) is 60.5 Å². The number of sulfone groups is 1. The van der Waals surface area contributed by atoms with Crippen molar-refractivity contribution in [2.24, 2.45) is 41.4 Å². The van der Waals surface area contributed by atoms with Crippen molar-refractivity contribution in [3.63, 3.8) is 0 Å². The fraction of sp³-hybridized carbons (Fsp3) is 0.812. The number of amides is 11. The van der Waals surface area contributed by atoms with Gasteiger partial charge in [0.1, 0.15) is 66.5 Å². The van der Waals surface area contributed by atoms with Crippen LogP contribution in [0.3, 0.4) is 0 Å². The van der Waals surface area contributed by atoms with E-state index >= 15 is 33.6 Å². The number of carbonyl (C=O) groups is 11. The number of aliphatic hydroxyl groups is 1. The minimum absolute atomic E-state index is 0.00223. The van der Waals surface area contributed by atoms with Crippen LogP contribution >= 0.6 is 0 Å².